The van der Waals surface area contributed by atoms with E-state index in [1.54, 1.807) is 47.4 Å². The molecule has 3 N–H and O–H groups in total. The minimum atomic E-state index is -0.690. The molecule has 2 amide bonds. The van der Waals surface area contributed by atoms with Gasteiger partial charge in [-0.2, -0.15) is 4.68 Å². The molecule has 6 rings (SSSR count). The van der Waals surface area contributed by atoms with Gasteiger partial charge in [0.25, 0.3) is 0 Å². The van der Waals surface area contributed by atoms with Crippen LogP contribution < -0.4 is 11.0 Å². The van der Waals surface area contributed by atoms with Crippen LogP contribution in [0.4, 0.5) is 5.69 Å². The van der Waals surface area contributed by atoms with Crippen LogP contribution in [0.2, 0.25) is 5.02 Å². The summed E-state index contributed by atoms with van der Waals surface area (Å²) in [4.78, 5) is 48.0. The molecule has 2 aliphatic rings. The zero-order chi connectivity index (χ0) is 27.6. The maximum atomic E-state index is 13.6. The van der Waals surface area contributed by atoms with Gasteiger partial charge in [0, 0.05) is 48.0 Å². The fourth-order valence-electron chi connectivity index (χ4n) is 5.24. The van der Waals surface area contributed by atoms with Crippen molar-refractivity contribution in [3.63, 3.8) is 0 Å². The Morgan fingerprint density at radius 1 is 1.10 bits per heavy atom. The number of aromatic nitrogens is 6. The molecule has 0 spiro atoms. The molecule has 14 heteroatoms. The first-order chi connectivity index (χ1) is 19.4. The van der Waals surface area contributed by atoms with Crippen molar-refractivity contribution < 1.29 is 14.3 Å². The van der Waals surface area contributed by atoms with E-state index < -0.39 is 6.04 Å². The molecule has 2 fully saturated rings. The molecular weight excluding hydrogens is 538 g/mol. The van der Waals surface area contributed by atoms with Gasteiger partial charge in [-0.15, -0.1) is 5.10 Å². The van der Waals surface area contributed by atoms with Crippen LogP contribution in [0, 0.1) is 0 Å². The van der Waals surface area contributed by atoms with Crippen LogP contribution in [0.25, 0.3) is 22.8 Å². The molecular formula is C26H26ClN9O4. The van der Waals surface area contributed by atoms with Gasteiger partial charge < -0.3 is 24.9 Å². The maximum absolute atomic E-state index is 13.6. The van der Waals surface area contributed by atoms with Gasteiger partial charge in [0.1, 0.15) is 12.4 Å². The van der Waals surface area contributed by atoms with Crippen molar-refractivity contribution in [1.29, 1.82) is 0 Å². The molecule has 40 heavy (non-hydrogen) atoms. The lowest BCUT2D eigenvalue weighted by Gasteiger charge is -2.31. The topological polar surface area (TPSA) is 154 Å². The fraction of sp³-hybridized carbons (Fsp3) is 0.308. The number of amides is 2. The molecule has 2 unspecified atom stereocenters. The maximum Gasteiger partial charge on any atom is 0.323 e. The number of ether oxygens (including phenoxy) is 1. The van der Waals surface area contributed by atoms with Crippen molar-refractivity contribution in [2.45, 2.75) is 18.5 Å². The van der Waals surface area contributed by atoms with Crippen molar-refractivity contribution in [3.05, 3.63) is 69.9 Å². The van der Waals surface area contributed by atoms with E-state index in [1.807, 2.05) is 0 Å². The molecule has 0 bridgehead atoms. The monoisotopic (exact) mass is 563 g/mol. The molecule has 2 atom stereocenters. The van der Waals surface area contributed by atoms with Crippen molar-refractivity contribution in [2.24, 2.45) is 0 Å². The third-order valence-electron chi connectivity index (χ3n) is 7.20. The number of nitrogens with one attached hydrogen (secondary N) is 3. The number of rotatable bonds is 6. The van der Waals surface area contributed by atoms with Crippen LogP contribution in [-0.4, -0.2) is 96.7 Å². The number of likely N-dealkylation sites (tertiary alicyclic amines) is 1. The fourth-order valence-corrected chi connectivity index (χ4v) is 5.43. The van der Waals surface area contributed by atoms with E-state index in [-0.39, 0.29) is 23.5 Å². The van der Waals surface area contributed by atoms with Crippen LogP contribution >= 0.6 is 11.6 Å². The number of anilines is 1. The highest BCUT2D eigenvalue weighted by Crippen LogP contribution is 2.26. The Labute approximate surface area is 232 Å². The minimum Gasteiger partial charge on any atom is -0.379 e. The number of hydrogen-bond acceptors (Lipinski definition) is 8. The van der Waals surface area contributed by atoms with Gasteiger partial charge in [0.05, 0.1) is 29.9 Å². The number of halogens is 1. The van der Waals surface area contributed by atoms with Crippen LogP contribution in [-0.2, 0) is 14.3 Å². The summed E-state index contributed by atoms with van der Waals surface area (Å²) in [5.74, 6) is -0.601. The molecule has 0 aliphatic carbocycles. The Morgan fingerprint density at radius 2 is 1.93 bits per heavy atom. The summed E-state index contributed by atoms with van der Waals surface area (Å²) in [5.41, 5.74) is 2.71. The number of carbonyl (C=O) groups is 2. The Kier molecular flexibility index (Phi) is 7.15. The van der Waals surface area contributed by atoms with E-state index >= 15 is 0 Å². The van der Waals surface area contributed by atoms with Crippen molar-refractivity contribution in [3.8, 4) is 5.69 Å². The van der Waals surface area contributed by atoms with Gasteiger partial charge in [0.2, 0.25) is 11.8 Å². The SMILES string of the molecule is O=C(Nc1ccc2[nH]c(=O)[nH]c2c1)C1CC(N2CCOCC2)CN1C(=O)/C=C/c1cc(Cl)ccc1-n1cnnn1. The highest BCUT2D eigenvalue weighted by Gasteiger charge is 2.41. The number of tetrazole rings is 1. The van der Waals surface area contributed by atoms with Gasteiger partial charge >= 0.3 is 5.69 Å². The van der Waals surface area contributed by atoms with Crippen LogP contribution in [0.1, 0.15) is 12.0 Å². The largest absolute Gasteiger partial charge is 0.379 e. The Balaban J connectivity index is 1.25. The predicted molar refractivity (Wildman–Crippen MR) is 147 cm³/mol. The summed E-state index contributed by atoms with van der Waals surface area (Å²) in [7, 11) is 0. The Morgan fingerprint density at radius 3 is 2.73 bits per heavy atom. The molecule has 206 valence electrons. The lowest BCUT2D eigenvalue weighted by atomic mass is 10.1. The normalized spacial score (nSPS) is 20.0. The number of hydrogen-bond donors (Lipinski definition) is 3. The number of imidazole rings is 1. The molecule has 4 aromatic rings. The second-order valence-corrected chi connectivity index (χ2v) is 10.1. The third-order valence-corrected chi connectivity index (χ3v) is 7.44. The molecule has 2 aliphatic heterocycles. The first-order valence-corrected chi connectivity index (χ1v) is 13.2. The summed E-state index contributed by atoms with van der Waals surface area (Å²) >= 11 is 6.22. The number of carbonyl (C=O) groups excluding carboxylic acids is 2. The van der Waals surface area contributed by atoms with Gasteiger partial charge in [-0.25, -0.2) is 4.79 Å². The van der Waals surface area contributed by atoms with Gasteiger partial charge in [-0.1, -0.05) is 11.6 Å². The molecule has 2 saturated heterocycles. The Bertz CT molecular complexity index is 1620. The molecule has 2 aromatic carbocycles. The second kappa shape index (κ2) is 11.0. The molecule has 0 radical (unpaired) electrons. The highest BCUT2D eigenvalue weighted by molar-refractivity contribution is 6.30. The zero-order valence-corrected chi connectivity index (χ0v) is 22.0. The lowest BCUT2D eigenvalue weighted by Crippen LogP contribution is -2.45. The summed E-state index contributed by atoms with van der Waals surface area (Å²) in [6.07, 6.45) is 5.04. The lowest BCUT2D eigenvalue weighted by molar-refractivity contribution is -0.132. The highest BCUT2D eigenvalue weighted by atomic mass is 35.5. The molecule has 2 aromatic heterocycles. The third kappa shape index (κ3) is 5.39. The summed E-state index contributed by atoms with van der Waals surface area (Å²) in [6, 6.07) is 9.63. The summed E-state index contributed by atoms with van der Waals surface area (Å²) in [5, 5.41) is 14.7. The average molecular weight is 564 g/mol. The van der Waals surface area contributed by atoms with Crippen LogP contribution in [0.15, 0.2) is 53.6 Å². The molecule has 4 heterocycles. The standard InChI is InChI=1S/C26H26ClN9O4/c27-17-2-5-22(36-15-28-32-33-36)16(11-17)1-6-24(37)35-14-19(34-7-9-40-10-8-34)13-23(35)25(38)29-18-3-4-20-21(12-18)31-26(39)30-20/h1-6,11-12,15,19,23H,7-10,13-14H2,(H,29,38)(H2,30,31,39)/b6-1+. The number of H-pyrrole nitrogens is 2. The number of morpholine rings is 1. The van der Waals surface area contributed by atoms with Gasteiger partial charge in [0.15, 0.2) is 0 Å². The number of benzene rings is 2. The van der Waals surface area contributed by atoms with Crippen LogP contribution in [0.3, 0.4) is 0 Å². The quantitative estimate of drug-likeness (QED) is 0.298. The van der Waals surface area contributed by atoms with Crippen molar-refractivity contribution in [2.75, 3.05) is 38.2 Å². The first-order valence-electron chi connectivity index (χ1n) is 12.8. The smallest absolute Gasteiger partial charge is 0.323 e. The van der Waals surface area contributed by atoms with E-state index in [1.165, 1.54) is 17.1 Å². The molecule has 0 saturated carbocycles. The number of aromatic amines is 2. The summed E-state index contributed by atoms with van der Waals surface area (Å²) < 4.78 is 6.98. The molecule has 13 nitrogen and oxygen atoms in total. The zero-order valence-electron chi connectivity index (χ0n) is 21.3. The second-order valence-electron chi connectivity index (χ2n) is 9.66. The van der Waals surface area contributed by atoms with E-state index in [4.69, 9.17) is 16.3 Å². The van der Waals surface area contributed by atoms with Crippen molar-refractivity contribution >= 4 is 46.2 Å². The van der Waals surface area contributed by atoms with Gasteiger partial charge in [-0.3, -0.25) is 14.5 Å². The number of nitrogens with zero attached hydrogens (tertiary/aromatic N) is 6. The van der Waals surface area contributed by atoms with Gasteiger partial charge in [-0.05, 0) is 59.3 Å². The predicted octanol–water partition coefficient (Wildman–Crippen LogP) is 1.44. The van der Waals surface area contributed by atoms with E-state index in [9.17, 15) is 14.4 Å². The van der Waals surface area contributed by atoms with E-state index in [0.29, 0.717) is 59.2 Å². The minimum absolute atomic E-state index is 0.0171. The Hall–Kier alpha value is -4.33. The van der Waals surface area contributed by atoms with Crippen molar-refractivity contribution in [1.82, 2.24) is 40.0 Å². The van der Waals surface area contributed by atoms with E-state index in [0.717, 1.165) is 13.1 Å². The number of fused-ring (bicyclic) bond motifs is 1. The van der Waals surface area contributed by atoms with Crippen LogP contribution in [0.5, 0.6) is 0 Å². The van der Waals surface area contributed by atoms with E-state index in [2.05, 4.69) is 35.7 Å². The first kappa shape index (κ1) is 25.9. The average Bonchev–Trinajstić information content (AvgIpc) is 3.71. The summed E-state index contributed by atoms with van der Waals surface area (Å²) in [6.45, 7) is 3.12.